The number of nitrogens with zero attached hydrogens (tertiary/aromatic N) is 3. The van der Waals surface area contributed by atoms with Crippen LogP contribution < -0.4 is 21.3 Å². The number of benzene rings is 1. The van der Waals surface area contributed by atoms with Crippen LogP contribution in [0.25, 0.3) is 21.3 Å². The molecule has 1 aromatic carbocycles. The Morgan fingerprint density at radius 2 is 1.97 bits per heavy atom. The van der Waals surface area contributed by atoms with Crippen molar-refractivity contribution in [2.75, 3.05) is 13.1 Å². The van der Waals surface area contributed by atoms with Crippen LogP contribution in [0.3, 0.4) is 0 Å². The standard InChI is InChI=1S/C27H26ClF3N4O3S/c1-15-8-16(28)9-19(23(15)38-21-11-32-13-26(21,2)3)18-4-6-33-20-10-17(39-24(18)20)12-35-22(36)5-7-34(25(35)37)14-27(29,30)31/h4-10,21,32H,11-14H2,1-3H3. The van der Waals surface area contributed by atoms with Gasteiger partial charge in [-0.3, -0.25) is 18.9 Å². The van der Waals surface area contributed by atoms with Crippen molar-refractivity contribution in [2.24, 2.45) is 5.41 Å². The average molecular weight is 579 g/mol. The van der Waals surface area contributed by atoms with Gasteiger partial charge in [0.1, 0.15) is 18.4 Å². The zero-order chi connectivity index (χ0) is 28.1. The molecule has 1 unspecified atom stereocenters. The van der Waals surface area contributed by atoms with Crippen LogP contribution in [0.2, 0.25) is 5.02 Å². The summed E-state index contributed by atoms with van der Waals surface area (Å²) < 4.78 is 47.4. The summed E-state index contributed by atoms with van der Waals surface area (Å²) in [6.07, 6.45) is -2.14. The number of alkyl halides is 3. The highest BCUT2D eigenvalue weighted by Crippen LogP contribution is 2.43. The number of ether oxygens (including phenoxy) is 1. The van der Waals surface area contributed by atoms with Gasteiger partial charge in [-0.1, -0.05) is 25.4 Å². The molecule has 206 valence electrons. The van der Waals surface area contributed by atoms with Gasteiger partial charge in [-0.05, 0) is 36.8 Å². The molecule has 12 heteroatoms. The lowest BCUT2D eigenvalue weighted by Crippen LogP contribution is -2.41. The lowest BCUT2D eigenvalue weighted by Gasteiger charge is -2.28. The fraction of sp³-hybridized carbons (Fsp3) is 0.370. The first-order valence-corrected chi connectivity index (χ1v) is 13.4. The summed E-state index contributed by atoms with van der Waals surface area (Å²) in [5, 5.41) is 3.92. The number of aromatic nitrogens is 3. The maximum Gasteiger partial charge on any atom is 0.406 e. The number of thiophene rings is 1. The summed E-state index contributed by atoms with van der Waals surface area (Å²) in [6, 6.07) is 8.23. The average Bonchev–Trinajstić information content (AvgIpc) is 3.41. The highest BCUT2D eigenvalue weighted by molar-refractivity contribution is 7.19. The molecule has 1 saturated heterocycles. The van der Waals surface area contributed by atoms with Crippen molar-refractivity contribution in [2.45, 2.75) is 46.1 Å². The van der Waals surface area contributed by atoms with E-state index in [9.17, 15) is 22.8 Å². The zero-order valence-corrected chi connectivity index (χ0v) is 23.0. The third-order valence-corrected chi connectivity index (χ3v) is 8.20. The van der Waals surface area contributed by atoms with Crippen molar-refractivity contribution in [3.05, 3.63) is 79.0 Å². The third-order valence-electron chi connectivity index (χ3n) is 6.84. The molecule has 0 bridgehead atoms. The highest BCUT2D eigenvalue weighted by Gasteiger charge is 2.37. The van der Waals surface area contributed by atoms with Gasteiger partial charge in [-0.2, -0.15) is 13.2 Å². The van der Waals surface area contributed by atoms with E-state index in [2.05, 4.69) is 24.1 Å². The molecule has 4 heterocycles. The highest BCUT2D eigenvalue weighted by atomic mass is 35.5. The van der Waals surface area contributed by atoms with Gasteiger partial charge in [-0.25, -0.2) is 4.79 Å². The monoisotopic (exact) mass is 578 g/mol. The van der Waals surface area contributed by atoms with Crippen LogP contribution in [-0.4, -0.2) is 39.5 Å². The fourth-order valence-electron chi connectivity index (χ4n) is 4.79. The van der Waals surface area contributed by atoms with Crippen LogP contribution in [0.5, 0.6) is 5.75 Å². The number of halogens is 4. The van der Waals surface area contributed by atoms with Gasteiger partial charge in [0.05, 0.1) is 16.8 Å². The Labute approximate surface area is 230 Å². The Morgan fingerprint density at radius 1 is 1.21 bits per heavy atom. The number of fused-ring (bicyclic) bond motifs is 1. The molecule has 0 saturated carbocycles. The molecule has 1 N–H and O–H groups in total. The largest absolute Gasteiger partial charge is 0.488 e. The topological polar surface area (TPSA) is 78.2 Å². The Bertz CT molecular complexity index is 1680. The maximum absolute atomic E-state index is 12.9. The normalized spacial score (nSPS) is 17.2. The van der Waals surface area contributed by atoms with Gasteiger partial charge in [-0.15, -0.1) is 11.3 Å². The summed E-state index contributed by atoms with van der Waals surface area (Å²) in [6.45, 7) is 6.11. The van der Waals surface area contributed by atoms with Crippen LogP contribution >= 0.6 is 22.9 Å². The first-order chi connectivity index (χ1) is 18.3. The van der Waals surface area contributed by atoms with Crippen molar-refractivity contribution < 1.29 is 17.9 Å². The zero-order valence-electron chi connectivity index (χ0n) is 21.4. The van der Waals surface area contributed by atoms with Crippen LogP contribution in [0.4, 0.5) is 13.2 Å². The molecule has 5 rings (SSSR count). The molecule has 1 atom stereocenters. The van der Waals surface area contributed by atoms with Crippen LogP contribution in [0.1, 0.15) is 24.3 Å². The van der Waals surface area contributed by atoms with E-state index in [1.54, 1.807) is 12.3 Å². The van der Waals surface area contributed by atoms with Crippen LogP contribution in [-0.2, 0) is 13.1 Å². The molecule has 4 aromatic rings. The predicted molar refractivity (Wildman–Crippen MR) is 146 cm³/mol. The van der Waals surface area contributed by atoms with E-state index in [1.807, 2.05) is 25.1 Å². The Hall–Kier alpha value is -3.15. The quantitative estimate of drug-likeness (QED) is 0.339. The number of rotatable bonds is 6. The van der Waals surface area contributed by atoms with E-state index in [1.165, 1.54) is 11.3 Å². The second kappa shape index (κ2) is 10.1. The van der Waals surface area contributed by atoms with Gasteiger partial charge in [0.15, 0.2) is 0 Å². The third kappa shape index (κ3) is 5.61. The summed E-state index contributed by atoms with van der Waals surface area (Å²) >= 11 is 7.78. The summed E-state index contributed by atoms with van der Waals surface area (Å²) in [4.78, 5) is 30.2. The number of nitrogens with one attached hydrogen (secondary N) is 1. The van der Waals surface area contributed by atoms with Crippen LogP contribution in [0.15, 0.2) is 52.3 Å². The molecular weight excluding hydrogens is 553 g/mol. The Kier molecular flexibility index (Phi) is 7.11. The van der Waals surface area contributed by atoms with Gasteiger partial charge in [0.25, 0.3) is 5.56 Å². The number of hydrogen-bond acceptors (Lipinski definition) is 6. The SMILES string of the molecule is Cc1cc(Cl)cc(-c2ccnc3cc(Cn4c(=O)ccn(CC(F)(F)F)c4=O)sc23)c1OC1CNCC1(C)C. The van der Waals surface area contributed by atoms with Crippen molar-refractivity contribution >= 4 is 33.2 Å². The van der Waals surface area contributed by atoms with Crippen molar-refractivity contribution in [3.63, 3.8) is 0 Å². The summed E-state index contributed by atoms with van der Waals surface area (Å²) in [7, 11) is 0. The minimum atomic E-state index is -4.60. The van der Waals surface area contributed by atoms with E-state index in [0.29, 0.717) is 32.3 Å². The van der Waals surface area contributed by atoms with Crippen molar-refractivity contribution in [3.8, 4) is 16.9 Å². The second-order valence-corrected chi connectivity index (χ2v) is 11.9. The molecule has 39 heavy (non-hydrogen) atoms. The van der Waals surface area contributed by atoms with E-state index < -0.39 is 24.0 Å². The van der Waals surface area contributed by atoms with Gasteiger partial charge >= 0.3 is 11.9 Å². The summed E-state index contributed by atoms with van der Waals surface area (Å²) in [5.74, 6) is 0.706. The number of pyridine rings is 1. The van der Waals surface area contributed by atoms with Gasteiger partial charge in [0.2, 0.25) is 0 Å². The minimum Gasteiger partial charge on any atom is -0.488 e. The lowest BCUT2D eigenvalue weighted by atomic mass is 9.89. The Morgan fingerprint density at radius 3 is 2.67 bits per heavy atom. The van der Waals surface area contributed by atoms with Crippen molar-refractivity contribution in [1.82, 2.24) is 19.4 Å². The Balaban J connectivity index is 1.57. The maximum atomic E-state index is 12.9. The van der Waals surface area contributed by atoms with E-state index in [0.717, 1.165) is 44.8 Å². The molecule has 7 nitrogen and oxygen atoms in total. The molecule has 0 radical (unpaired) electrons. The van der Waals surface area contributed by atoms with Crippen LogP contribution in [0, 0.1) is 12.3 Å². The summed E-state index contributed by atoms with van der Waals surface area (Å²) in [5.41, 5.74) is 1.32. The molecule has 1 aliphatic rings. The van der Waals surface area contributed by atoms with E-state index >= 15 is 0 Å². The second-order valence-electron chi connectivity index (χ2n) is 10.4. The van der Waals surface area contributed by atoms with E-state index in [-0.39, 0.29) is 18.1 Å². The number of hydrogen-bond donors (Lipinski definition) is 1. The fourth-order valence-corrected chi connectivity index (χ4v) is 6.20. The smallest absolute Gasteiger partial charge is 0.406 e. The lowest BCUT2D eigenvalue weighted by molar-refractivity contribution is -0.141. The molecular formula is C27H26ClF3N4O3S. The van der Waals surface area contributed by atoms with Gasteiger partial charge < -0.3 is 10.1 Å². The first kappa shape index (κ1) is 27.4. The van der Waals surface area contributed by atoms with E-state index in [4.69, 9.17) is 16.3 Å². The molecule has 1 fully saturated rings. The predicted octanol–water partition coefficient (Wildman–Crippen LogP) is 5.24. The molecule has 0 spiro atoms. The molecule has 0 amide bonds. The van der Waals surface area contributed by atoms with Gasteiger partial charge in [0, 0.05) is 58.0 Å². The molecule has 3 aromatic heterocycles. The molecule has 0 aliphatic carbocycles. The number of aryl methyl sites for hydroxylation is 1. The minimum absolute atomic E-state index is 0.0591. The van der Waals surface area contributed by atoms with Crippen molar-refractivity contribution in [1.29, 1.82) is 0 Å². The first-order valence-electron chi connectivity index (χ1n) is 12.2. The molecule has 1 aliphatic heterocycles.